The van der Waals surface area contributed by atoms with Crippen LogP contribution in [0, 0.1) is 0 Å². The van der Waals surface area contributed by atoms with Crippen LogP contribution in [-0.2, 0) is 11.3 Å². The molecule has 0 aromatic carbocycles. The third-order valence-electron chi connectivity index (χ3n) is 2.56. The van der Waals surface area contributed by atoms with Gasteiger partial charge in [-0.2, -0.15) is 0 Å². The molecular weight excluding hydrogens is 248 g/mol. The first kappa shape index (κ1) is 13.0. The Bertz CT molecular complexity index is 582. The van der Waals surface area contributed by atoms with Crippen LogP contribution in [0.15, 0.2) is 29.0 Å². The molecule has 1 amide bonds. The van der Waals surface area contributed by atoms with E-state index in [1.807, 2.05) is 0 Å². The van der Waals surface area contributed by atoms with Crippen molar-refractivity contribution in [3.63, 3.8) is 0 Å². The van der Waals surface area contributed by atoms with E-state index in [2.05, 4.69) is 10.1 Å². The molecule has 2 heterocycles. The second kappa shape index (κ2) is 5.49. The van der Waals surface area contributed by atoms with Crippen molar-refractivity contribution in [3.8, 4) is 0 Å². The summed E-state index contributed by atoms with van der Waals surface area (Å²) in [6, 6.07) is 3.20. The fraction of sp³-hybridized carbons (Fsp3) is 0.250. The average molecular weight is 262 g/mol. The Kier molecular flexibility index (Phi) is 3.76. The molecule has 0 unspecified atom stereocenters. The largest absolute Gasteiger partial charge is 0.396 e. The number of hydrogen-bond acceptors (Lipinski definition) is 6. The Labute approximate surface area is 110 Å². The summed E-state index contributed by atoms with van der Waals surface area (Å²) in [7, 11) is 3.15. The average Bonchev–Trinajstić information content (AvgIpc) is 2.87. The van der Waals surface area contributed by atoms with E-state index in [-0.39, 0.29) is 18.2 Å². The maximum atomic E-state index is 12.2. The SMILES string of the molecule is COCc1cc(C(=O)N(C)c2ccncc2N)no1. The lowest BCUT2D eigenvalue weighted by Crippen LogP contribution is -2.27. The Morgan fingerprint density at radius 3 is 3.05 bits per heavy atom. The molecule has 7 nitrogen and oxygen atoms in total. The predicted octanol–water partition coefficient (Wildman–Crippen LogP) is 1.07. The molecular formula is C12H14N4O3. The van der Waals surface area contributed by atoms with Crippen molar-refractivity contribution in [2.75, 3.05) is 24.8 Å². The van der Waals surface area contributed by atoms with Crippen molar-refractivity contribution in [1.29, 1.82) is 0 Å². The number of nitrogens with zero attached hydrogens (tertiary/aromatic N) is 3. The van der Waals surface area contributed by atoms with Crippen molar-refractivity contribution in [2.45, 2.75) is 6.61 Å². The summed E-state index contributed by atoms with van der Waals surface area (Å²) >= 11 is 0. The number of nitrogens with two attached hydrogens (primary N) is 1. The zero-order valence-corrected chi connectivity index (χ0v) is 10.7. The van der Waals surface area contributed by atoms with Gasteiger partial charge in [-0.15, -0.1) is 0 Å². The third kappa shape index (κ3) is 2.71. The van der Waals surface area contributed by atoms with Crippen LogP contribution in [0.5, 0.6) is 0 Å². The van der Waals surface area contributed by atoms with E-state index in [1.54, 1.807) is 25.4 Å². The lowest BCUT2D eigenvalue weighted by Gasteiger charge is -2.17. The summed E-state index contributed by atoms with van der Waals surface area (Å²) in [4.78, 5) is 17.5. The van der Waals surface area contributed by atoms with Crippen LogP contribution in [0.3, 0.4) is 0 Å². The first-order valence-electron chi connectivity index (χ1n) is 5.55. The second-order valence-corrected chi connectivity index (χ2v) is 3.91. The minimum atomic E-state index is -0.316. The Balaban J connectivity index is 2.21. The molecule has 0 aliphatic rings. The van der Waals surface area contributed by atoms with E-state index in [0.717, 1.165) is 0 Å². The summed E-state index contributed by atoms with van der Waals surface area (Å²) in [5.41, 5.74) is 6.95. The van der Waals surface area contributed by atoms with Crippen molar-refractivity contribution in [2.24, 2.45) is 0 Å². The van der Waals surface area contributed by atoms with Gasteiger partial charge in [0.15, 0.2) is 11.5 Å². The van der Waals surface area contributed by atoms with Crippen LogP contribution in [-0.4, -0.2) is 30.2 Å². The van der Waals surface area contributed by atoms with Gasteiger partial charge in [-0.3, -0.25) is 9.78 Å². The van der Waals surface area contributed by atoms with Gasteiger partial charge in [0, 0.05) is 26.4 Å². The second-order valence-electron chi connectivity index (χ2n) is 3.91. The Morgan fingerprint density at radius 2 is 2.37 bits per heavy atom. The molecule has 100 valence electrons. The molecule has 0 atom stereocenters. The highest BCUT2D eigenvalue weighted by Gasteiger charge is 2.19. The molecule has 0 aliphatic heterocycles. The number of ether oxygens (including phenoxy) is 1. The molecule has 0 radical (unpaired) electrons. The molecule has 0 fully saturated rings. The maximum absolute atomic E-state index is 12.2. The van der Waals surface area contributed by atoms with Crippen molar-refractivity contribution in [1.82, 2.24) is 10.1 Å². The molecule has 2 N–H and O–H groups in total. The Hall–Kier alpha value is -2.41. The fourth-order valence-corrected chi connectivity index (χ4v) is 1.61. The van der Waals surface area contributed by atoms with Gasteiger partial charge in [0.05, 0.1) is 17.6 Å². The van der Waals surface area contributed by atoms with Crippen molar-refractivity contribution >= 4 is 17.3 Å². The molecule has 0 saturated heterocycles. The molecule has 0 spiro atoms. The highest BCUT2D eigenvalue weighted by molar-refractivity contribution is 6.05. The number of hydrogen-bond donors (Lipinski definition) is 1. The lowest BCUT2D eigenvalue weighted by atomic mass is 10.3. The number of aromatic nitrogens is 2. The summed E-state index contributed by atoms with van der Waals surface area (Å²) < 4.78 is 9.87. The van der Waals surface area contributed by atoms with Gasteiger partial charge < -0.3 is 19.9 Å². The zero-order valence-electron chi connectivity index (χ0n) is 10.7. The number of rotatable bonds is 4. The number of amides is 1. The first-order chi connectivity index (χ1) is 9.13. The Morgan fingerprint density at radius 1 is 1.58 bits per heavy atom. The number of methoxy groups -OCH3 is 1. The normalized spacial score (nSPS) is 10.4. The number of carbonyl (C=O) groups excluding carboxylic acids is 1. The van der Waals surface area contributed by atoms with E-state index in [9.17, 15) is 4.79 Å². The molecule has 7 heteroatoms. The molecule has 2 rings (SSSR count). The van der Waals surface area contributed by atoms with Crippen LogP contribution in [0.25, 0.3) is 0 Å². The van der Waals surface area contributed by atoms with Gasteiger partial charge in [-0.1, -0.05) is 5.16 Å². The lowest BCUT2D eigenvalue weighted by molar-refractivity contribution is 0.0983. The molecule has 2 aromatic heterocycles. The fourth-order valence-electron chi connectivity index (χ4n) is 1.61. The third-order valence-corrected chi connectivity index (χ3v) is 2.56. The summed E-state index contributed by atoms with van der Waals surface area (Å²) in [5, 5.41) is 3.71. The maximum Gasteiger partial charge on any atom is 0.280 e. The van der Waals surface area contributed by atoms with E-state index < -0.39 is 0 Å². The molecule has 0 saturated carbocycles. The quantitative estimate of drug-likeness (QED) is 0.885. The van der Waals surface area contributed by atoms with Gasteiger partial charge >= 0.3 is 0 Å². The van der Waals surface area contributed by atoms with E-state index in [1.165, 1.54) is 18.2 Å². The standard InChI is InChI=1S/C12H14N4O3/c1-16(11-3-4-14-6-9(11)13)12(17)10-5-8(7-18-2)19-15-10/h3-6H,7,13H2,1-2H3. The van der Waals surface area contributed by atoms with Crippen LogP contribution in [0.1, 0.15) is 16.2 Å². The minimum Gasteiger partial charge on any atom is -0.396 e. The van der Waals surface area contributed by atoms with Gasteiger partial charge in [0.1, 0.15) is 6.61 Å². The smallest absolute Gasteiger partial charge is 0.280 e. The number of nitrogen functional groups attached to an aromatic ring is 1. The van der Waals surface area contributed by atoms with E-state index >= 15 is 0 Å². The molecule has 2 aromatic rings. The summed E-state index contributed by atoms with van der Waals surface area (Å²) in [5.74, 6) is 0.172. The predicted molar refractivity (Wildman–Crippen MR) is 68.6 cm³/mol. The van der Waals surface area contributed by atoms with Gasteiger partial charge in [0.25, 0.3) is 5.91 Å². The van der Waals surface area contributed by atoms with Crippen LogP contribution < -0.4 is 10.6 Å². The first-order valence-corrected chi connectivity index (χ1v) is 5.55. The van der Waals surface area contributed by atoms with Gasteiger partial charge in [0.2, 0.25) is 0 Å². The van der Waals surface area contributed by atoms with Crippen LogP contribution in [0.4, 0.5) is 11.4 Å². The molecule has 0 bridgehead atoms. The van der Waals surface area contributed by atoms with Crippen molar-refractivity contribution in [3.05, 3.63) is 36.0 Å². The summed E-state index contributed by atoms with van der Waals surface area (Å²) in [6.07, 6.45) is 3.05. The summed E-state index contributed by atoms with van der Waals surface area (Å²) in [6.45, 7) is 0.265. The van der Waals surface area contributed by atoms with E-state index in [0.29, 0.717) is 17.1 Å². The van der Waals surface area contributed by atoms with E-state index in [4.69, 9.17) is 15.0 Å². The minimum absolute atomic E-state index is 0.200. The van der Waals surface area contributed by atoms with Crippen molar-refractivity contribution < 1.29 is 14.1 Å². The van der Waals surface area contributed by atoms with Crippen LogP contribution in [0.2, 0.25) is 0 Å². The van der Waals surface area contributed by atoms with Gasteiger partial charge in [-0.05, 0) is 6.07 Å². The zero-order chi connectivity index (χ0) is 13.8. The number of anilines is 2. The van der Waals surface area contributed by atoms with Gasteiger partial charge in [-0.25, -0.2) is 0 Å². The van der Waals surface area contributed by atoms with Crippen LogP contribution >= 0.6 is 0 Å². The highest BCUT2D eigenvalue weighted by Crippen LogP contribution is 2.21. The molecule has 0 aliphatic carbocycles. The topological polar surface area (TPSA) is 94.5 Å². The number of pyridine rings is 1. The monoisotopic (exact) mass is 262 g/mol. The molecule has 19 heavy (non-hydrogen) atoms. The number of carbonyl (C=O) groups is 1. The highest BCUT2D eigenvalue weighted by atomic mass is 16.5.